The Labute approximate surface area is 107 Å². The Hall–Kier alpha value is -0.940. The van der Waals surface area contributed by atoms with Crippen molar-refractivity contribution in [3.63, 3.8) is 0 Å². The lowest BCUT2D eigenvalue weighted by molar-refractivity contribution is -0.0300. The van der Waals surface area contributed by atoms with Gasteiger partial charge in [-0.25, -0.2) is 4.39 Å². The van der Waals surface area contributed by atoms with Crippen LogP contribution in [0.15, 0.2) is 22.7 Å². The SMILES string of the molecule is O=C(NCC1(O)CCC1)c1ccc(F)cc1Br. The fraction of sp³-hybridized carbons (Fsp3) is 0.417. The Morgan fingerprint density at radius 2 is 2.24 bits per heavy atom. The molecule has 1 aromatic rings. The molecule has 0 bridgehead atoms. The largest absolute Gasteiger partial charge is 0.388 e. The number of rotatable bonds is 3. The number of carbonyl (C=O) groups is 1. The fourth-order valence-electron chi connectivity index (χ4n) is 1.78. The molecule has 1 amide bonds. The summed E-state index contributed by atoms with van der Waals surface area (Å²) in [5.74, 6) is -0.705. The van der Waals surface area contributed by atoms with Crippen LogP contribution >= 0.6 is 15.9 Å². The molecular weight excluding hydrogens is 289 g/mol. The predicted octanol–water partition coefficient (Wildman–Crippen LogP) is 2.23. The average molecular weight is 302 g/mol. The molecule has 0 unspecified atom stereocenters. The van der Waals surface area contributed by atoms with Gasteiger partial charge in [-0.05, 0) is 53.4 Å². The zero-order chi connectivity index (χ0) is 12.5. The molecule has 1 aliphatic carbocycles. The van der Waals surface area contributed by atoms with E-state index in [0.717, 1.165) is 19.3 Å². The molecule has 0 aromatic heterocycles. The van der Waals surface area contributed by atoms with Gasteiger partial charge in [-0.1, -0.05) is 0 Å². The minimum atomic E-state index is -0.748. The van der Waals surface area contributed by atoms with Crippen molar-refractivity contribution in [3.05, 3.63) is 34.1 Å². The number of hydrogen-bond acceptors (Lipinski definition) is 2. The summed E-state index contributed by atoms with van der Waals surface area (Å²) < 4.78 is 13.3. The zero-order valence-corrected chi connectivity index (χ0v) is 10.8. The van der Waals surface area contributed by atoms with E-state index >= 15 is 0 Å². The third-order valence-corrected chi connectivity index (χ3v) is 3.69. The third-order valence-electron chi connectivity index (χ3n) is 3.04. The van der Waals surface area contributed by atoms with Crippen LogP contribution in [0.4, 0.5) is 4.39 Å². The number of carbonyl (C=O) groups excluding carboxylic acids is 1. The molecule has 0 saturated heterocycles. The van der Waals surface area contributed by atoms with E-state index in [0.29, 0.717) is 10.0 Å². The van der Waals surface area contributed by atoms with E-state index < -0.39 is 11.4 Å². The highest BCUT2D eigenvalue weighted by molar-refractivity contribution is 9.10. The van der Waals surface area contributed by atoms with Crippen molar-refractivity contribution in [2.45, 2.75) is 24.9 Å². The van der Waals surface area contributed by atoms with Gasteiger partial charge in [-0.3, -0.25) is 4.79 Å². The summed E-state index contributed by atoms with van der Waals surface area (Å²) in [6.07, 6.45) is 2.43. The lowest BCUT2D eigenvalue weighted by atomic mass is 9.80. The van der Waals surface area contributed by atoms with E-state index in [1.165, 1.54) is 18.2 Å². The molecule has 0 atom stereocenters. The molecule has 0 heterocycles. The van der Waals surface area contributed by atoms with E-state index in [1.807, 2.05) is 0 Å². The van der Waals surface area contributed by atoms with Crippen LogP contribution in [0.1, 0.15) is 29.6 Å². The fourth-order valence-corrected chi connectivity index (χ4v) is 2.31. The Bertz CT molecular complexity index is 446. The first-order valence-electron chi connectivity index (χ1n) is 5.46. The van der Waals surface area contributed by atoms with Crippen LogP contribution in [-0.2, 0) is 0 Å². The van der Waals surface area contributed by atoms with Gasteiger partial charge in [0.25, 0.3) is 5.91 Å². The van der Waals surface area contributed by atoms with Crippen LogP contribution in [0.25, 0.3) is 0 Å². The summed E-state index contributed by atoms with van der Waals surface area (Å²) in [7, 11) is 0. The van der Waals surface area contributed by atoms with Gasteiger partial charge in [0.1, 0.15) is 5.82 Å². The molecule has 0 aliphatic heterocycles. The quantitative estimate of drug-likeness (QED) is 0.899. The molecule has 2 rings (SSSR count). The summed E-state index contributed by atoms with van der Waals surface area (Å²) in [5.41, 5.74) is -0.378. The smallest absolute Gasteiger partial charge is 0.252 e. The van der Waals surface area contributed by atoms with E-state index in [-0.39, 0.29) is 12.5 Å². The van der Waals surface area contributed by atoms with Crippen molar-refractivity contribution < 1.29 is 14.3 Å². The minimum Gasteiger partial charge on any atom is -0.388 e. The summed E-state index contributed by atoms with van der Waals surface area (Å²) in [6, 6.07) is 3.89. The van der Waals surface area contributed by atoms with Crippen LogP contribution in [0.2, 0.25) is 0 Å². The van der Waals surface area contributed by atoms with Crippen LogP contribution in [0.3, 0.4) is 0 Å². The molecule has 1 aliphatic rings. The third kappa shape index (κ3) is 2.84. The topological polar surface area (TPSA) is 49.3 Å². The molecule has 2 N–H and O–H groups in total. The predicted molar refractivity (Wildman–Crippen MR) is 65.2 cm³/mol. The Kier molecular flexibility index (Phi) is 3.49. The van der Waals surface area contributed by atoms with Gasteiger partial charge in [-0.15, -0.1) is 0 Å². The highest BCUT2D eigenvalue weighted by atomic mass is 79.9. The van der Waals surface area contributed by atoms with Crippen molar-refractivity contribution in [1.82, 2.24) is 5.32 Å². The maximum Gasteiger partial charge on any atom is 0.252 e. The maximum absolute atomic E-state index is 12.8. The number of nitrogens with one attached hydrogen (secondary N) is 1. The first-order chi connectivity index (χ1) is 8.00. The highest BCUT2D eigenvalue weighted by Gasteiger charge is 2.34. The van der Waals surface area contributed by atoms with Gasteiger partial charge in [0, 0.05) is 11.0 Å². The lowest BCUT2D eigenvalue weighted by Gasteiger charge is -2.36. The number of halogens is 2. The molecule has 92 valence electrons. The highest BCUT2D eigenvalue weighted by Crippen LogP contribution is 2.30. The first-order valence-corrected chi connectivity index (χ1v) is 6.25. The second-order valence-corrected chi connectivity index (χ2v) is 5.24. The van der Waals surface area contributed by atoms with Crippen molar-refractivity contribution >= 4 is 21.8 Å². The molecule has 1 aromatic carbocycles. The second kappa shape index (κ2) is 4.74. The van der Waals surface area contributed by atoms with Crippen molar-refractivity contribution in [2.24, 2.45) is 0 Å². The molecule has 1 saturated carbocycles. The Balaban J connectivity index is 1.99. The van der Waals surface area contributed by atoms with E-state index in [2.05, 4.69) is 21.2 Å². The second-order valence-electron chi connectivity index (χ2n) is 4.38. The Morgan fingerprint density at radius 1 is 1.53 bits per heavy atom. The van der Waals surface area contributed by atoms with Crippen molar-refractivity contribution in [1.29, 1.82) is 0 Å². The van der Waals surface area contributed by atoms with Crippen molar-refractivity contribution in [3.8, 4) is 0 Å². The molecule has 3 nitrogen and oxygen atoms in total. The van der Waals surface area contributed by atoms with Crippen LogP contribution in [-0.4, -0.2) is 23.2 Å². The minimum absolute atomic E-state index is 0.246. The van der Waals surface area contributed by atoms with E-state index in [1.54, 1.807) is 0 Å². The standard InChI is InChI=1S/C12H13BrFNO2/c13-10-6-8(14)2-3-9(10)11(16)15-7-12(17)4-1-5-12/h2-3,6,17H,1,4-5,7H2,(H,15,16). The number of benzene rings is 1. The number of aliphatic hydroxyl groups is 1. The summed E-state index contributed by atoms with van der Waals surface area (Å²) in [5, 5.41) is 12.5. The van der Waals surface area contributed by atoms with Gasteiger partial charge >= 0.3 is 0 Å². The molecule has 1 fully saturated rings. The lowest BCUT2D eigenvalue weighted by Crippen LogP contribution is -2.47. The van der Waals surface area contributed by atoms with Crippen molar-refractivity contribution in [2.75, 3.05) is 6.54 Å². The van der Waals surface area contributed by atoms with Crippen LogP contribution in [0.5, 0.6) is 0 Å². The van der Waals surface area contributed by atoms with Gasteiger partial charge in [-0.2, -0.15) is 0 Å². The normalized spacial score (nSPS) is 17.4. The van der Waals surface area contributed by atoms with Gasteiger partial charge in [0.15, 0.2) is 0 Å². The van der Waals surface area contributed by atoms with Gasteiger partial charge < -0.3 is 10.4 Å². The first kappa shape index (κ1) is 12.5. The molecule has 0 spiro atoms. The molecule has 5 heteroatoms. The van der Waals surface area contributed by atoms with Crippen LogP contribution < -0.4 is 5.32 Å². The number of amides is 1. The molecular formula is C12H13BrFNO2. The summed E-state index contributed by atoms with van der Waals surface area (Å²) in [6.45, 7) is 0.246. The average Bonchev–Trinajstić information content (AvgIpc) is 2.23. The zero-order valence-electron chi connectivity index (χ0n) is 9.17. The molecule has 0 radical (unpaired) electrons. The monoisotopic (exact) mass is 301 g/mol. The van der Waals surface area contributed by atoms with Gasteiger partial charge in [0.05, 0.1) is 11.2 Å². The van der Waals surface area contributed by atoms with E-state index in [9.17, 15) is 14.3 Å². The number of hydrogen-bond donors (Lipinski definition) is 2. The van der Waals surface area contributed by atoms with Crippen LogP contribution in [0, 0.1) is 5.82 Å². The van der Waals surface area contributed by atoms with E-state index in [4.69, 9.17) is 0 Å². The summed E-state index contributed by atoms with van der Waals surface area (Å²) >= 11 is 3.14. The molecule has 17 heavy (non-hydrogen) atoms. The summed E-state index contributed by atoms with van der Waals surface area (Å²) in [4.78, 5) is 11.8. The van der Waals surface area contributed by atoms with Gasteiger partial charge in [0.2, 0.25) is 0 Å². The maximum atomic E-state index is 12.8. The Morgan fingerprint density at radius 3 is 2.76 bits per heavy atom.